The maximum Gasteiger partial charge on any atom is 0.416 e. The molecule has 2 aromatic rings. The van der Waals surface area contributed by atoms with Gasteiger partial charge in [-0.2, -0.15) is 30.9 Å². The molecule has 1 N–H and O–H groups in total. The van der Waals surface area contributed by atoms with Crippen molar-refractivity contribution in [3.8, 4) is 0 Å². The minimum Gasteiger partial charge on any atom is -0.506 e. The van der Waals surface area contributed by atoms with Crippen LogP contribution in [0, 0.1) is 11.8 Å². The van der Waals surface area contributed by atoms with Gasteiger partial charge in [0.15, 0.2) is 5.71 Å². The van der Waals surface area contributed by atoms with Crippen LogP contribution in [0.25, 0.3) is 0 Å². The molecule has 0 spiro atoms. The number of ketones is 1. The fourth-order valence-electron chi connectivity index (χ4n) is 6.86. The van der Waals surface area contributed by atoms with Crippen molar-refractivity contribution in [2.75, 3.05) is 18.0 Å². The molecular weight excluding hydrogens is 630 g/mol. The molecule has 0 bridgehead atoms. The molecule has 3 aliphatic rings. The molecule has 2 aromatic carbocycles. The number of anilines is 1. The fraction of sp³-hybridized carbons (Fsp3) is 0.474. The normalized spacial score (nSPS) is 20.5. The highest BCUT2D eigenvalue weighted by Gasteiger charge is 2.49. The third-order valence-corrected chi connectivity index (χ3v) is 9.86. The molecule has 0 aromatic heterocycles. The summed E-state index contributed by atoms with van der Waals surface area (Å²) in [5.74, 6) is -0.0760. The third-order valence-electron chi connectivity index (χ3n) is 9.86. The van der Waals surface area contributed by atoms with Gasteiger partial charge in [0.05, 0.1) is 27.7 Å². The summed E-state index contributed by atoms with van der Waals surface area (Å²) >= 11 is 0. The summed E-state index contributed by atoms with van der Waals surface area (Å²) in [5.41, 5.74) is 0.185. The van der Waals surface area contributed by atoms with Crippen LogP contribution in [0.4, 0.5) is 37.7 Å². The molecule has 5 rings (SSSR count). The highest BCUT2D eigenvalue weighted by molar-refractivity contribution is 6.24. The first-order valence-electron chi connectivity index (χ1n) is 16.3. The van der Waals surface area contributed by atoms with Gasteiger partial charge in [0.25, 0.3) is 0 Å². The molecule has 0 fully saturated rings. The number of carbonyl (C=O) groups is 1. The molecule has 0 radical (unpaired) electrons. The maximum atomic E-state index is 13.8. The van der Waals surface area contributed by atoms with E-state index in [-0.39, 0.29) is 16.9 Å². The lowest BCUT2D eigenvalue weighted by atomic mass is 9.77. The van der Waals surface area contributed by atoms with E-state index < -0.39 is 40.1 Å². The Morgan fingerprint density at radius 1 is 0.812 bits per heavy atom. The number of allylic oxidation sites excluding steroid dienone is 5. The van der Waals surface area contributed by atoms with Crippen molar-refractivity contribution in [1.82, 2.24) is 0 Å². The first-order chi connectivity index (χ1) is 22.1. The van der Waals surface area contributed by atoms with E-state index in [9.17, 15) is 36.2 Å². The second-order valence-corrected chi connectivity index (χ2v) is 14.9. The number of rotatable bonds is 8. The monoisotopic (exact) mass is 673 g/mol. The van der Waals surface area contributed by atoms with E-state index in [2.05, 4.69) is 0 Å². The molecule has 4 nitrogen and oxygen atoms in total. The largest absolute Gasteiger partial charge is 0.506 e. The second-order valence-electron chi connectivity index (χ2n) is 14.9. The molecule has 10 heteroatoms. The van der Waals surface area contributed by atoms with E-state index in [0.29, 0.717) is 58.8 Å². The van der Waals surface area contributed by atoms with Gasteiger partial charge in [-0.3, -0.25) is 4.79 Å². The first-order valence-corrected chi connectivity index (χ1v) is 16.3. The first kappa shape index (κ1) is 35.5. The molecule has 1 aliphatic carbocycles. The predicted octanol–water partition coefficient (Wildman–Crippen LogP) is 10.2. The van der Waals surface area contributed by atoms with Crippen LogP contribution in [0.15, 0.2) is 71.2 Å². The topological polar surface area (TPSA) is 43.5 Å². The lowest BCUT2D eigenvalue weighted by Crippen LogP contribution is -2.32. The highest BCUT2D eigenvalue weighted by Crippen LogP contribution is 2.51. The van der Waals surface area contributed by atoms with Crippen molar-refractivity contribution in [3.05, 3.63) is 93.4 Å². The van der Waals surface area contributed by atoms with Crippen molar-refractivity contribution < 1.29 is 40.8 Å². The van der Waals surface area contributed by atoms with Gasteiger partial charge in [-0.05, 0) is 74.1 Å². The summed E-state index contributed by atoms with van der Waals surface area (Å²) in [7, 11) is 0. The molecule has 2 aliphatic heterocycles. The average Bonchev–Trinajstić information content (AvgIpc) is 3.32. The molecular formula is C38H43F6N2O2+. The van der Waals surface area contributed by atoms with Crippen molar-refractivity contribution in [1.29, 1.82) is 0 Å². The Kier molecular flexibility index (Phi) is 8.83. The standard InChI is InChI=1S/C38H42F6N2O2/c1-21(2)13-15-45-29-11-9-23(37(39,40)41)17-27(29)35(5,6)31(45)19-25-33(47)26(34(25)48)20-32-36(7,8)28-18-24(38(42,43)44)10-12-30(28)46(32)16-14-22(3)4/h9-12,17-22H,13-16H2,1-8H3/p+1. The minimum atomic E-state index is -4.52. The SMILES string of the molecule is CC(C)CCN1/C(=C\C2=C(O)C(=C\C3=[N+](CCC(C)C)c4ccc(C(F)(F)F)cc4C3(C)C)/C2=O)C(C)(C)c2cc(C(F)(F)F)ccc21. The van der Waals surface area contributed by atoms with E-state index >= 15 is 0 Å². The zero-order valence-corrected chi connectivity index (χ0v) is 28.6. The quantitative estimate of drug-likeness (QED) is 0.172. The van der Waals surface area contributed by atoms with Crippen molar-refractivity contribution in [2.45, 2.75) is 91.4 Å². The van der Waals surface area contributed by atoms with E-state index in [0.717, 1.165) is 37.1 Å². The fourth-order valence-corrected chi connectivity index (χ4v) is 6.86. The highest BCUT2D eigenvalue weighted by atomic mass is 19.4. The number of Topliss-reactive ketones (excluding diaryl/α,β-unsaturated/α-hetero) is 1. The van der Waals surface area contributed by atoms with Crippen molar-refractivity contribution >= 4 is 22.9 Å². The van der Waals surface area contributed by atoms with Crippen LogP contribution in [0.3, 0.4) is 0 Å². The Morgan fingerprint density at radius 2 is 1.38 bits per heavy atom. The van der Waals surface area contributed by atoms with Gasteiger partial charge < -0.3 is 10.0 Å². The van der Waals surface area contributed by atoms with Gasteiger partial charge >= 0.3 is 12.4 Å². The predicted molar refractivity (Wildman–Crippen MR) is 176 cm³/mol. The van der Waals surface area contributed by atoms with E-state index in [1.807, 2.05) is 37.2 Å². The van der Waals surface area contributed by atoms with E-state index in [1.54, 1.807) is 39.8 Å². The zero-order valence-electron chi connectivity index (χ0n) is 28.6. The molecule has 0 saturated heterocycles. The molecule has 0 unspecified atom stereocenters. The summed E-state index contributed by atoms with van der Waals surface area (Å²) in [5, 5.41) is 11.3. The summed E-state index contributed by atoms with van der Waals surface area (Å²) < 4.78 is 84.1. The van der Waals surface area contributed by atoms with Crippen LogP contribution in [-0.2, 0) is 28.0 Å². The van der Waals surface area contributed by atoms with E-state index in [1.165, 1.54) is 12.1 Å². The van der Waals surface area contributed by atoms with Gasteiger partial charge in [-0.15, -0.1) is 0 Å². The van der Waals surface area contributed by atoms with Crippen molar-refractivity contribution in [3.63, 3.8) is 0 Å². The molecule has 0 amide bonds. The Bertz CT molecular complexity index is 1780. The molecule has 0 saturated carbocycles. The van der Waals surface area contributed by atoms with Gasteiger partial charge in [0, 0.05) is 47.5 Å². The number of nitrogens with zero attached hydrogens (tertiary/aromatic N) is 2. The Labute approximate surface area is 278 Å². The lowest BCUT2D eigenvalue weighted by Gasteiger charge is -2.29. The van der Waals surface area contributed by atoms with Gasteiger partial charge in [0.1, 0.15) is 12.3 Å². The Morgan fingerprint density at radius 3 is 1.92 bits per heavy atom. The lowest BCUT2D eigenvalue weighted by molar-refractivity contribution is -0.439. The number of aliphatic hydroxyl groups is 1. The molecule has 2 heterocycles. The Balaban J connectivity index is 1.60. The van der Waals surface area contributed by atoms with Crippen LogP contribution in [0.5, 0.6) is 0 Å². The van der Waals surface area contributed by atoms with Gasteiger partial charge in [-0.25, -0.2) is 0 Å². The number of hydrogen-bond acceptors (Lipinski definition) is 3. The summed E-state index contributed by atoms with van der Waals surface area (Å²) in [6.07, 6.45) is -4.40. The van der Waals surface area contributed by atoms with E-state index in [4.69, 9.17) is 0 Å². The number of hydrogen-bond donors (Lipinski definition) is 1. The maximum absolute atomic E-state index is 13.8. The van der Waals surface area contributed by atoms with Crippen LogP contribution in [0.1, 0.15) is 90.5 Å². The van der Waals surface area contributed by atoms with Crippen LogP contribution >= 0.6 is 0 Å². The molecule has 0 atom stereocenters. The zero-order chi connectivity index (χ0) is 35.7. The van der Waals surface area contributed by atoms with Gasteiger partial charge in [-0.1, -0.05) is 41.5 Å². The number of aliphatic hydroxyl groups excluding tert-OH is 1. The molecule has 258 valence electrons. The smallest absolute Gasteiger partial charge is 0.416 e. The Hall–Kier alpha value is -3.82. The minimum absolute atomic E-state index is 0.0460. The number of halogens is 6. The van der Waals surface area contributed by atoms with Crippen LogP contribution in [0.2, 0.25) is 0 Å². The van der Waals surface area contributed by atoms with Crippen LogP contribution < -0.4 is 4.90 Å². The number of fused-ring (bicyclic) bond motifs is 2. The number of alkyl halides is 6. The summed E-state index contributed by atoms with van der Waals surface area (Å²) in [6.45, 7) is 16.4. The summed E-state index contributed by atoms with van der Waals surface area (Å²) in [4.78, 5) is 15.7. The number of benzene rings is 2. The van der Waals surface area contributed by atoms with Crippen molar-refractivity contribution in [2.24, 2.45) is 11.8 Å². The average molecular weight is 674 g/mol. The summed E-state index contributed by atoms with van der Waals surface area (Å²) in [6, 6.07) is 7.38. The second kappa shape index (κ2) is 11.9. The third kappa shape index (κ3) is 6.11. The van der Waals surface area contributed by atoms with Gasteiger partial charge in [0.2, 0.25) is 11.5 Å². The van der Waals surface area contributed by atoms with Crippen LogP contribution in [-0.4, -0.2) is 34.3 Å². The number of carbonyl (C=O) groups excluding carboxylic acids is 1. The molecule has 48 heavy (non-hydrogen) atoms.